The third kappa shape index (κ3) is 4.84. The minimum Gasteiger partial charge on any atom is -0.492 e. The zero-order valence-electron chi connectivity index (χ0n) is 16.4. The summed E-state index contributed by atoms with van der Waals surface area (Å²) >= 11 is 0. The smallest absolute Gasteiger partial charge is 0.224 e. The van der Waals surface area contributed by atoms with Crippen LogP contribution >= 0.6 is 0 Å². The standard InChI is InChI=1S/C20H25N5O3S/c1-29(26,27)13-12-28-18-9-5-8-17-16(18)14-22-25(17)19-10-11-21-20(24-19)23-15-6-3-2-4-7-15/h5,8-11,14-15H,2-4,6-7,12-13H2,1H3,(H,21,23,24). The average Bonchev–Trinajstić information content (AvgIpc) is 3.13. The van der Waals surface area contributed by atoms with Crippen molar-refractivity contribution in [2.24, 2.45) is 0 Å². The summed E-state index contributed by atoms with van der Waals surface area (Å²) < 4.78 is 30.1. The first kappa shape index (κ1) is 19.6. The molecule has 1 aromatic carbocycles. The average molecular weight is 416 g/mol. The Morgan fingerprint density at radius 2 is 2.03 bits per heavy atom. The van der Waals surface area contributed by atoms with Crippen LogP contribution in [0.25, 0.3) is 16.7 Å². The van der Waals surface area contributed by atoms with Gasteiger partial charge < -0.3 is 10.1 Å². The van der Waals surface area contributed by atoms with Gasteiger partial charge >= 0.3 is 0 Å². The number of sulfone groups is 1. The molecule has 0 saturated heterocycles. The van der Waals surface area contributed by atoms with E-state index < -0.39 is 9.84 Å². The lowest BCUT2D eigenvalue weighted by atomic mass is 9.96. The Morgan fingerprint density at radius 3 is 2.83 bits per heavy atom. The fourth-order valence-corrected chi connectivity index (χ4v) is 3.99. The molecular formula is C20H25N5O3S. The second-order valence-corrected chi connectivity index (χ2v) is 9.70. The number of rotatable bonds is 7. The SMILES string of the molecule is CS(=O)(=O)CCOc1cccc2c1cnn2-c1ccnc(NC2CCCCC2)n1. The van der Waals surface area contributed by atoms with Crippen LogP contribution in [-0.2, 0) is 9.84 Å². The van der Waals surface area contributed by atoms with E-state index in [2.05, 4.69) is 20.4 Å². The van der Waals surface area contributed by atoms with Gasteiger partial charge in [-0.3, -0.25) is 0 Å². The fraction of sp³-hybridized carbons (Fsp3) is 0.450. The highest BCUT2D eigenvalue weighted by molar-refractivity contribution is 7.90. The highest BCUT2D eigenvalue weighted by Crippen LogP contribution is 2.27. The van der Waals surface area contributed by atoms with E-state index in [0.29, 0.717) is 23.6 Å². The van der Waals surface area contributed by atoms with Crippen LogP contribution in [0.5, 0.6) is 5.75 Å². The van der Waals surface area contributed by atoms with Gasteiger partial charge in [0.15, 0.2) is 15.7 Å². The van der Waals surface area contributed by atoms with E-state index in [4.69, 9.17) is 4.74 Å². The predicted molar refractivity (Wildman–Crippen MR) is 112 cm³/mol. The van der Waals surface area contributed by atoms with Crippen LogP contribution in [0, 0.1) is 0 Å². The first-order valence-electron chi connectivity index (χ1n) is 9.87. The molecule has 1 fully saturated rings. The molecule has 0 amide bonds. The van der Waals surface area contributed by atoms with E-state index in [9.17, 15) is 8.42 Å². The third-order valence-corrected chi connectivity index (χ3v) is 5.99. The highest BCUT2D eigenvalue weighted by Gasteiger charge is 2.15. The topological polar surface area (TPSA) is 99.0 Å². The second kappa shape index (κ2) is 8.36. The van der Waals surface area contributed by atoms with Gasteiger partial charge in [0.1, 0.15) is 12.4 Å². The number of ether oxygens (including phenoxy) is 1. The third-order valence-electron chi connectivity index (χ3n) is 5.08. The van der Waals surface area contributed by atoms with Crippen molar-refractivity contribution in [1.29, 1.82) is 0 Å². The van der Waals surface area contributed by atoms with Crippen molar-refractivity contribution in [2.75, 3.05) is 23.9 Å². The van der Waals surface area contributed by atoms with Crippen molar-refractivity contribution in [3.63, 3.8) is 0 Å². The Labute approximate surface area is 170 Å². The van der Waals surface area contributed by atoms with E-state index in [0.717, 1.165) is 23.7 Å². The zero-order valence-corrected chi connectivity index (χ0v) is 17.2. The summed E-state index contributed by atoms with van der Waals surface area (Å²) in [4.78, 5) is 9.00. The number of fused-ring (bicyclic) bond motifs is 1. The van der Waals surface area contributed by atoms with E-state index in [1.807, 2.05) is 24.3 Å². The number of aromatic nitrogens is 4. The molecule has 2 heterocycles. The Bertz CT molecular complexity index is 1090. The molecule has 1 N–H and O–H groups in total. The Kier molecular flexibility index (Phi) is 5.66. The lowest BCUT2D eigenvalue weighted by Gasteiger charge is -2.22. The van der Waals surface area contributed by atoms with Crippen LogP contribution in [0.1, 0.15) is 32.1 Å². The first-order chi connectivity index (χ1) is 14.0. The molecule has 1 aliphatic carbocycles. The molecule has 0 aliphatic heterocycles. The summed E-state index contributed by atoms with van der Waals surface area (Å²) in [6, 6.07) is 7.84. The summed E-state index contributed by atoms with van der Waals surface area (Å²) in [5, 5.41) is 8.72. The lowest BCUT2D eigenvalue weighted by molar-refractivity contribution is 0.345. The molecule has 2 aromatic heterocycles. The summed E-state index contributed by atoms with van der Waals surface area (Å²) in [6.45, 7) is 0.103. The monoisotopic (exact) mass is 415 g/mol. The number of benzene rings is 1. The summed E-state index contributed by atoms with van der Waals surface area (Å²) in [7, 11) is -3.07. The van der Waals surface area contributed by atoms with Crippen LogP contribution in [0.3, 0.4) is 0 Å². The van der Waals surface area contributed by atoms with Crippen LogP contribution < -0.4 is 10.1 Å². The van der Waals surface area contributed by atoms with E-state index >= 15 is 0 Å². The van der Waals surface area contributed by atoms with Gasteiger partial charge in [-0.1, -0.05) is 25.3 Å². The highest BCUT2D eigenvalue weighted by atomic mass is 32.2. The van der Waals surface area contributed by atoms with Crippen molar-refractivity contribution >= 4 is 26.7 Å². The maximum Gasteiger partial charge on any atom is 0.224 e. The van der Waals surface area contributed by atoms with Crippen molar-refractivity contribution in [1.82, 2.24) is 19.7 Å². The second-order valence-electron chi connectivity index (χ2n) is 7.44. The van der Waals surface area contributed by atoms with Crippen LogP contribution in [0.2, 0.25) is 0 Å². The molecule has 4 rings (SSSR count). The minimum atomic E-state index is -3.07. The minimum absolute atomic E-state index is 0.0281. The van der Waals surface area contributed by atoms with Gasteiger partial charge in [-0.15, -0.1) is 0 Å². The molecule has 3 aromatic rings. The first-order valence-corrected chi connectivity index (χ1v) is 11.9. The van der Waals surface area contributed by atoms with Crippen LogP contribution in [-0.4, -0.2) is 52.8 Å². The molecule has 0 spiro atoms. The molecule has 0 unspecified atom stereocenters. The van der Waals surface area contributed by atoms with E-state index in [1.165, 1.54) is 25.5 Å². The van der Waals surface area contributed by atoms with Gasteiger partial charge in [-0.05, 0) is 25.0 Å². The number of hydrogen-bond donors (Lipinski definition) is 1. The number of nitrogens with zero attached hydrogens (tertiary/aromatic N) is 4. The maximum absolute atomic E-state index is 11.3. The Balaban J connectivity index is 1.56. The van der Waals surface area contributed by atoms with E-state index in [1.54, 1.807) is 17.1 Å². The Hall–Kier alpha value is -2.68. The molecule has 1 aliphatic rings. The van der Waals surface area contributed by atoms with Crippen molar-refractivity contribution in [2.45, 2.75) is 38.1 Å². The van der Waals surface area contributed by atoms with Gasteiger partial charge in [-0.2, -0.15) is 10.1 Å². The van der Waals surface area contributed by atoms with Gasteiger partial charge in [0.25, 0.3) is 0 Å². The molecule has 0 atom stereocenters. The molecule has 8 nitrogen and oxygen atoms in total. The maximum atomic E-state index is 11.3. The summed E-state index contributed by atoms with van der Waals surface area (Å²) in [6.07, 6.45) is 10.7. The van der Waals surface area contributed by atoms with Gasteiger partial charge in [0.2, 0.25) is 5.95 Å². The number of anilines is 1. The van der Waals surface area contributed by atoms with Crippen LogP contribution in [0.4, 0.5) is 5.95 Å². The van der Waals surface area contributed by atoms with Gasteiger partial charge in [0.05, 0.1) is 22.9 Å². The van der Waals surface area contributed by atoms with Gasteiger partial charge in [-0.25, -0.2) is 18.1 Å². The quantitative estimate of drug-likeness (QED) is 0.633. The lowest BCUT2D eigenvalue weighted by Crippen LogP contribution is -2.23. The summed E-state index contributed by atoms with van der Waals surface area (Å²) in [5.74, 6) is 1.85. The molecular weight excluding hydrogens is 390 g/mol. The normalized spacial score (nSPS) is 15.5. The molecule has 154 valence electrons. The molecule has 29 heavy (non-hydrogen) atoms. The van der Waals surface area contributed by atoms with Crippen molar-refractivity contribution in [3.05, 3.63) is 36.7 Å². The largest absolute Gasteiger partial charge is 0.492 e. The molecule has 9 heteroatoms. The van der Waals surface area contributed by atoms with Crippen LogP contribution in [0.15, 0.2) is 36.7 Å². The predicted octanol–water partition coefficient (Wildman–Crippen LogP) is 2.98. The van der Waals surface area contributed by atoms with Gasteiger partial charge in [0, 0.05) is 24.6 Å². The summed E-state index contributed by atoms with van der Waals surface area (Å²) in [5.41, 5.74) is 0.837. The molecule has 0 bridgehead atoms. The molecule has 1 saturated carbocycles. The zero-order chi connectivity index (χ0) is 20.3. The number of hydrogen-bond acceptors (Lipinski definition) is 7. The Morgan fingerprint density at radius 1 is 1.21 bits per heavy atom. The molecule has 0 radical (unpaired) electrons. The van der Waals surface area contributed by atoms with Crippen molar-refractivity contribution < 1.29 is 13.2 Å². The van der Waals surface area contributed by atoms with E-state index in [-0.39, 0.29) is 12.4 Å². The fourth-order valence-electron chi connectivity index (χ4n) is 3.60. The number of nitrogens with one attached hydrogen (secondary N) is 1. The van der Waals surface area contributed by atoms with Crippen molar-refractivity contribution in [3.8, 4) is 11.6 Å².